The first-order chi connectivity index (χ1) is 57.7. The van der Waals surface area contributed by atoms with Gasteiger partial charge in [0.2, 0.25) is 0 Å². The number of nitrogens with zero attached hydrogens (tertiary/aromatic N) is 3. The predicted octanol–water partition coefficient (Wildman–Crippen LogP) is 31.9. The molecule has 0 aromatic heterocycles. The quantitative estimate of drug-likeness (QED) is 0.120. The lowest BCUT2D eigenvalue weighted by Crippen LogP contribution is -2.61. The lowest BCUT2D eigenvalue weighted by atomic mass is 9.33. The molecule has 2 aliphatic heterocycles. The Morgan fingerprint density at radius 2 is 0.488 bits per heavy atom. The Kier molecular flexibility index (Phi) is 20.4. The second-order valence-corrected chi connectivity index (χ2v) is 44.6. The number of hydrogen-bond donors (Lipinski definition) is 0. The van der Waals surface area contributed by atoms with Crippen molar-refractivity contribution in [3.63, 3.8) is 0 Å². The van der Waals surface area contributed by atoms with Crippen molar-refractivity contribution in [1.29, 1.82) is 0 Å². The maximum Gasteiger partial charge on any atom is 0.252 e. The van der Waals surface area contributed by atoms with Gasteiger partial charge in [-0.1, -0.05) is 380 Å². The topological polar surface area (TPSA) is 9.72 Å². The van der Waals surface area contributed by atoms with Crippen molar-refractivity contribution in [2.75, 3.05) is 14.7 Å². The first-order valence-corrected chi connectivity index (χ1v) is 44.9. The van der Waals surface area contributed by atoms with Gasteiger partial charge >= 0.3 is 0 Å². The summed E-state index contributed by atoms with van der Waals surface area (Å²) in [6, 6.07) is 116. The molecule has 0 amide bonds. The van der Waals surface area contributed by atoms with E-state index in [1.165, 1.54) is 105 Å². The van der Waals surface area contributed by atoms with Gasteiger partial charge in [-0.15, -0.1) is 0 Å². The van der Waals surface area contributed by atoms with Gasteiger partial charge in [-0.25, -0.2) is 0 Å². The van der Waals surface area contributed by atoms with Crippen LogP contribution in [0.3, 0.4) is 0 Å². The monoisotopic (exact) mass is 1610 g/mol. The third-order valence-electron chi connectivity index (χ3n) is 26.9. The van der Waals surface area contributed by atoms with Crippen LogP contribution in [0.2, 0.25) is 0 Å². The lowest BCUT2D eigenvalue weighted by Gasteiger charge is -2.46. The van der Waals surface area contributed by atoms with Gasteiger partial charge in [-0.2, -0.15) is 0 Å². The third-order valence-corrected chi connectivity index (χ3v) is 26.9. The Labute approximate surface area is 737 Å². The van der Waals surface area contributed by atoms with Gasteiger partial charge in [0.25, 0.3) is 6.71 Å². The van der Waals surface area contributed by atoms with E-state index in [9.17, 15) is 0 Å². The molecule has 0 radical (unpaired) electrons. The molecule has 1 aliphatic carbocycles. The molecule has 620 valence electrons. The molecule has 0 spiro atoms. The largest absolute Gasteiger partial charge is 0.311 e. The Bertz CT molecular complexity index is 5930. The zero-order valence-electron chi connectivity index (χ0n) is 78.1. The fraction of sp³-hybridized carbons (Fsp3) is 0.294. The standard InChI is InChI=1S/C119H126BN3/c1-111(2,3)87-43-31-75(32-44-87)81-61-82(76-33-45-88(46-34-76)112(4,5)6)65-96(64-81)121(95-57-58-101-100-29-27-28-30-102(100)119(25,26)103(101)72-95)99-73-108-110-109(74-99)123(98-68-85(79-39-51-91(52-40-79)115(13,14)15)63-86(69-98)80-41-53-92(54-42-80)116(16,17)18)107-60-56-94(118(22,23)24)71-105(107)120(110)104-70-93(117(19,20)21)55-59-106(104)122(108)97-66-83(77-35-47-89(48-36-77)113(7,8)9)62-84(67-97)78-37-49-90(50-38-78)114(10,11)12/h27-74H,1-26H3. The fourth-order valence-corrected chi connectivity index (χ4v) is 19.1. The van der Waals surface area contributed by atoms with Crippen LogP contribution in [0.4, 0.5) is 51.2 Å². The minimum absolute atomic E-state index is 0.0317. The van der Waals surface area contributed by atoms with Crippen LogP contribution in [0.1, 0.15) is 236 Å². The number of hydrogen-bond acceptors (Lipinski definition) is 3. The summed E-state index contributed by atoms with van der Waals surface area (Å²) in [6.07, 6.45) is 0. The van der Waals surface area contributed by atoms with Crippen LogP contribution >= 0.6 is 0 Å². The van der Waals surface area contributed by atoms with Crippen LogP contribution in [-0.2, 0) is 48.7 Å². The average molecular weight is 1610 g/mol. The molecule has 3 nitrogen and oxygen atoms in total. The van der Waals surface area contributed by atoms with E-state index in [-0.39, 0.29) is 55.4 Å². The molecule has 0 fully saturated rings. The van der Waals surface area contributed by atoms with E-state index >= 15 is 0 Å². The van der Waals surface area contributed by atoms with E-state index in [0.717, 1.165) is 95.7 Å². The first-order valence-electron chi connectivity index (χ1n) is 44.9. The zero-order chi connectivity index (χ0) is 87.5. The SMILES string of the molecule is CC(C)(C)c1ccc(-c2cc(-c3ccc(C(C)(C)C)cc3)cc(N(c3cc4c5c(c3)N(c3cc(-c6ccc(C(C)(C)C)cc6)cc(-c6ccc(C(C)(C)C)cc6)c3)c3ccc(C(C)(C)C)cc3B5c3cc(C(C)(C)C)ccc3N4c3cc(-c4ccc(C(C)(C)C)cc4)cc(-c4ccc(C(C)(C)C)cc4)c3)c3ccc4c(c3)C(C)(C)c3ccccc3-4)c2)cc1. The molecule has 123 heavy (non-hydrogen) atoms. The van der Waals surface area contributed by atoms with Gasteiger partial charge in [-0.05, 0) is 284 Å². The Hall–Kier alpha value is -11.5. The number of anilines is 9. The summed E-state index contributed by atoms with van der Waals surface area (Å²) in [6.45, 7) is 60.6. The Morgan fingerprint density at radius 1 is 0.220 bits per heavy atom. The molecule has 0 unspecified atom stereocenters. The average Bonchev–Trinajstić information content (AvgIpc) is 1.66. The van der Waals surface area contributed by atoms with E-state index in [2.05, 4.69) is 486 Å². The van der Waals surface area contributed by atoms with Crippen molar-refractivity contribution in [1.82, 2.24) is 0 Å². The normalized spacial score (nSPS) is 14.0. The summed E-state index contributed by atoms with van der Waals surface area (Å²) in [5.41, 5.74) is 42.3. The highest BCUT2D eigenvalue weighted by Gasteiger charge is 2.46. The van der Waals surface area contributed by atoms with Gasteiger partial charge in [-0.3, -0.25) is 0 Å². The van der Waals surface area contributed by atoms with Crippen molar-refractivity contribution in [3.05, 3.63) is 347 Å². The Morgan fingerprint density at radius 3 is 0.789 bits per heavy atom. The summed E-state index contributed by atoms with van der Waals surface area (Å²) in [7, 11) is 0. The molecule has 0 atom stereocenters. The molecule has 0 saturated carbocycles. The molecule has 3 aliphatic rings. The summed E-state index contributed by atoms with van der Waals surface area (Å²) in [5, 5.41) is 0. The smallest absolute Gasteiger partial charge is 0.252 e. The molecule has 17 rings (SSSR count). The van der Waals surface area contributed by atoms with Crippen LogP contribution in [0.5, 0.6) is 0 Å². The molecule has 4 heteroatoms. The van der Waals surface area contributed by atoms with Crippen molar-refractivity contribution in [3.8, 4) is 77.9 Å². The minimum Gasteiger partial charge on any atom is -0.311 e. The Balaban J connectivity index is 1.04. The van der Waals surface area contributed by atoms with E-state index in [0.29, 0.717) is 0 Å². The summed E-state index contributed by atoms with van der Waals surface area (Å²) in [5.74, 6) is 0. The van der Waals surface area contributed by atoms with Gasteiger partial charge in [0.1, 0.15) is 0 Å². The first kappa shape index (κ1) is 83.8. The van der Waals surface area contributed by atoms with Gasteiger partial charge < -0.3 is 14.7 Å². The second kappa shape index (κ2) is 29.9. The van der Waals surface area contributed by atoms with Crippen LogP contribution < -0.4 is 31.1 Å². The zero-order valence-corrected chi connectivity index (χ0v) is 78.1. The fourth-order valence-electron chi connectivity index (χ4n) is 19.1. The van der Waals surface area contributed by atoms with Crippen molar-refractivity contribution >= 4 is 74.3 Å². The maximum absolute atomic E-state index is 2.70. The van der Waals surface area contributed by atoms with Crippen LogP contribution in [0.15, 0.2) is 291 Å². The molecule has 14 aromatic rings. The van der Waals surface area contributed by atoms with E-state index in [1.54, 1.807) is 0 Å². The van der Waals surface area contributed by atoms with Gasteiger partial charge in [0.15, 0.2) is 0 Å². The van der Waals surface area contributed by atoms with Gasteiger partial charge in [0.05, 0.1) is 5.69 Å². The molecular formula is C119H126BN3. The van der Waals surface area contributed by atoms with Crippen LogP contribution in [-0.4, -0.2) is 6.71 Å². The number of fused-ring (bicyclic) bond motifs is 7. The van der Waals surface area contributed by atoms with E-state index < -0.39 is 0 Å². The third kappa shape index (κ3) is 15.9. The predicted molar refractivity (Wildman–Crippen MR) is 535 cm³/mol. The summed E-state index contributed by atoms with van der Waals surface area (Å²) < 4.78 is 0. The molecule has 0 N–H and O–H groups in total. The van der Waals surface area contributed by atoms with Crippen LogP contribution in [0, 0.1) is 0 Å². The number of rotatable bonds is 11. The molecular weight excluding hydrogens is 1480 g/mol. The lowest BCUT2D eigenvalue weighted by molar-refractivity contribution is 0.590. The van der Waals surface area contributed by atoms with Gasteiger partial charge in [0, 0.05) is 50.9 Å². The van der Waals surface area contributed by atoms with E-state index in [4.69, 9.17) is 0 Å². The highest BCUT2D eigenvalue weighted by atomic mass is 15.2. The van der Waals surface area contributed by atoms with Crippen molar-refractivity contribution in [2.24, 2.45) is 0 Å². The number of benzene rings is 14. The molecule has 0 bridgehead atoms. The van der Waals surface area contributed by atoms with Crippen molar-refractivity contribution in [2.45, 2.75) is 229 Å². The summed E-state index contributed by atoms with van der Waals surface area (Å²) >= 11 is 0. The van der Waals surface area contributed by atoms with Crippen molar-refractivity contribution < 1.29 is 0 Å². The molecule has 14 aromatic carbocycles. The highest BCUT2D eigenvalue weighted by Crippen LogP contribution is 2.55. The molecule has 0 saturated heterocycles. The van der Waals surface area contributed by atoms with E-state index in [1.807, 2.05) is 0 Å². The minimum atomic E-state index is -0.316. The second-order valence-electron chi connectivity index (χ2n) is 44.6. The van der Waals surface area contributed by atoms with Crippen LogP contribution in [0.25, 0.3) is 77.9 Å². The maximum atomic E-state index is 2.70. The highest BCUT2D eigenvalue weighted by molar-refractivity contribution is 7.00. The molecule has 2 heterocycles. The summed E-state index contributed by atoms with van der Waals surface area (Å²) in [4.78, 5) is 8.04.